The van der Waals surface area contributed by atoms with Gasteiger partial charge in [0.05, 0.1) is 21.9 Å². The Bertz CT molecular complexity index is 836. The average molecular weight is 300 g/mol. The highest BCUT2D eigenvalue weighted by molar-refractivity contribution is 6.33. The van der Waals surface area contributed by atoms with E-state index in [0.717, 1.165) is 0 Å². The van der Waals surface area contributed by atoms with Gasteiger partial charge in [-0.05, 0) is 18.2 Å². The molecule has 0 radical (unpaired) electrons. The summed E-state index contributed by atoms with van der Waals surface area (Å²) in [5.41, 5.74) is 1.45. The number of aromatic nitrogens is 2. The quantitative estimate of drug-likeness (QED) is 0.771. The Morgan fingerprint density at radius 1 is 1.05 bits per heavy atom. The third-order valence-electron chi connectivity index (χ3n) is 3.00. The Morgan fingerprint density at radius 3 is 2.52 bits per heavy atom. The van der Waals surface area contributed by atoms with Crippen LogP contribution in [-0.2, 0) is 0 Å². The first-order valence-electron chi connectivity index (χ1n) is 6.17. The van der Waals surface area contributed by atoms with Gasteiger partial charge in [-0.25, -0.2) is 4.79 Å². The molecule has 0 saturated heterocycles. The molecule has 0 aliphatic carbocycles. The lowest BCUT2D eigenvalue weighted by molar-refractivity contribution is 0.0690. The molecule has 1 aromatic heterocycles. The second kappa shape index (κ2) is 5.38. The van der Waals surface area contributed by atoms with Gasteiger partial charge >= 0.3 is 5.97 Å². The van der Waals surface area contributed by atoms with Crippen LogP contribution in [-0.4, -0.2) is 21.3 Å². The molecule has 2 N–H and O–H groups in total. The van der Waals surface area contributed by atoms with E-state index < -0.39 is 5.97 Å². The molecule has 0 spiro atoms. The summed E-state index contributed by atoms with van der Waals surface area (Å²) in [7, 11) is 0. The van der Waals surface area contributed by atoms with Crippen molar-refractivity contribution < 1.29 is 9.90 Å². The van der Waals surface area contributed by atoms with E-state index in [-0.39, 0.29) is 5.69 Å². The summed E-state index contributed by atoms with van der Waals surface area (Å²) < 4.78 is 0. The molecule has 21 heavy (non-hydrogen) atoms. The predicted molar refractivity (Wildman–Crippen MR) is 81.2 cm³/mol. The number of anilines is 2. The van der Waals surface area contributed by atoms with Gasteiger partial charge in [-0.2, -0.15) is 0 Å². The summed E-state index contributed by atoms with van der Waals surface area (Å²) in [5.74, 6) is -1.15. The summed E-state index contributed by atoms with van der Waals surface area (Å²) in [5, 5.41) is 21.2. The Hall–Kier alpha value is -2.66. The molecule has 0 bridgehead atoms. The second-order valence-corrected chi connectivity index (χ2v) is 4.76. The van der Waals surface area contributed by atoms with E-state index in [0.29, 0.717) is 27.3 Å². The molecule has 0 amide bonds. The van der Waals surface area contributed by atoms with E-state index >= 15 is 0 Å². The monoisotopic (exact) mass is 299 g/mol. The van der Waals surface area contributed by atoms with Gasteiger partial charge in [0, 0.05) is 5.39 Å². The summed E-state index contributed by atoms with van der Waals surface area (Å²) in [6.45, 7) is 0. The largest absolute Gasteiger partial charge is 0.476 e. The number of carboxylic acid groups (broad SMARTS) is 1. The molecule has 0 atom stereocenters. The van der Waals surface area contributed by atoms with E-state index in [1.807, 2.05) is 18.2 Å². The number of nitrogens with one attached hydrogen (secondary N) is 1. The van der Waals surface area contributed by atoms with Crippen LogP contribution in [0, 0.1) is 0 Å². The molecule has 3 rings (SSSR count). The highest BCUT2D eigenvalue weighted by atomic mass is 35.5. The van der Waals surface area contributed by atoms with Crippen molar-refractivity contribution >= 4 is 39.8 Å². The first-order chi connectivity index (χ1) is 10.2. The minimum absolute atomic E-state index is 0.145. The number of nitrogens with zero attached hydrogens (tertiary/aromatic N) is 2. The lowest BCUT2D eigenvalue weighted by Gasteiger charge is -2.12. The van der Waals surface area contributed by atoms with Crippen LogP contribution in [0.4, 0.5) is 11.4 Å². The lowest BCUT2D eigenvalue weighted by Crippen LogP contribution is -2.08. The molecule has 0 unspecified atom stereocenters. The first kappa shape index (κ1) is 13.3. The normalized spacial score (nSPS) is 10.5. The van der Waals surface area contributed by atoms with Gasteiger partial charge in [-0.1, -0.05) is 41.9 Å². The van der Waals surface area contributed by atoms with Gasteiger partial charge in [0.1, 0.15) is 0 Å². The van der Waals surface area contributed by atoms with Crippen LogP contribution in [0.15, 0.2) is 48.5 Å². The van der Waals surface area contributed by atoms with Crippen molar-refractivity contribution in [2.45, 2.75) is 0 Å². The van der Waals surface area contributed by atoms with Crippen LogP contribution in [0.5, 0.6) is 0 Å². The highest BCUT2D eigenvalue weighted by Crippen LogP contribution is 2.30. The van der Waals surface area contributed by atoms with Crippen molar-refractivity contribution in [2.24, 2.45) is 0 Å². The van der Waals surface area contributed by atoms with Crippen LogP contribution < -0.4 is 5.32 Å². The van der Waals surface area contributed by atoms with Gasteiger partial charge in [-0.15, -0.1) is 10.2 Å². The van der Waals surface area contributed by atoms with Crippen LogP contribution in [0.1, 0.15) is 10.5 Å². The maximum absolute atomic E-state index is 11.4. The van der Waals surface area contributed by atoms with Gasteiger partial charge in [0.15, 0.2) is 5.69 Å². The van der Waals surface area contributed by atoms with Crippen molar-refractivity contribution in [3.8, 4) is 0 Å². The fourth-order valence-corrected chi connectivity index (χ4v) is 2.21. The number of rotatable bonds is 3. The molecule has 6 heteroatoms. The topological polar surface area (TPSA) is 75.1 Å². The van der Waals surface area contributed by atoms with Gasteiger partial charge in [0.2, 0.25) is 0 Å². The number of benzene rings is 2. The summed E-state index contributed by atoms with van der Waals surface area (Å²) in [6, 6.07) is 14.3. The Morgan fingerprint density at radius 2 is 1.76 bits per heavy atom. The van der Waals surface area contributed by atoms with Gasteiger partial charge in [-0.3, -0.25) is 0 Å². The van der Waals surface area contributed by atoms with Crippen molar-refractivity contribution in [3.63, 3.8) is 0 Å². The zero-order chi connectivity index (χ0) is 14.8. The third-order valence-corrected chi connectivity index (χ3v) is 3.33. The number of aromatic carboxylic acids is 1. The van der Waals surface area contributed by atoms with Gasteiger partial charge < -0.3 is 10.4 Å². The highest BCUT2D eigenvalue weighted by Gasteiger charge is 2.17. The predicted octanol–water partition coefficient (Wildman–Crippen LogP) is 3.73. The molecule has 5 nitrogen and oxygen atoms in total. The molecule has 0 aliphatic rings. The van der Waals surface area contributed by atoms with Crippen molar-refractivity contribution in [1.82, 2.24) is 10.2 Å². The van der Waals surface area contributed by atoms with E-state index in [1.54, 1.807) is 30.3 Å². The molecule has 104 valence electrons. The molecule has 0 aliphatic heterocycles. The van der Waals surface area contributed by atoms with E-state index in [4.69, 9.17) is 11.6 Å². The Kier molecular flexibility index (Phi) is 3.41. The molecular formula is C15H10ClN3O2. The Balaban J connectivity index is 2.21. The van der Waals surface area contributed by atoms with Crippen molar-refractivity contribution in [2.75, 3.05) is 5.32 Å². The van der Waals surface area contributed by atoms with Crippen molar-refractivity contribution in [1.29, 1.82) is 0 Å². The maximum atomic E-state index is 11.4. The molecule has 1 heterocycles. The van der Waals surface area contributed by atoms with Crippen LogP contribution in [0.2, 0.25) is 5.02 Å². The number of carboxylic acids is 1. The standard InChI is InChI=1S/C15H10ClN3O2/c16-10-6-2-4-8-12(10)17-13-9-5-1-3-7-11(9)18-19-14(13)15(20)21/h1-8H,(H,17,18)(H,20,21). The van der Waals surface area contributed by atoms with Gasteiger partial charge in [0.25, 0.3) is 0 Å². The van der Waals surface area contributed by atoms with E-state index in [9.17, 15) is 9.90 Å². The maximum Gasteiger partial charge on any atom is 0.358 e. The number of carbonyl (C=O) groups is 1. The van der Waals surface area contributed by atoms with E-state index in [2.05, 4.69) is 15.5 Å². The molecule has 0 saturated carbocycles. The smallest absolute Gasteiger partial charge is 0.358 e. The molecule has 3 aromatic rings. The van der Waals surface area contributed by atoms with Crippen LogP contribution in [0.3, 0.4) is 0 Å². The molecular weight excluding hydrogens is 290 g/mol. The second-order valence-electron chi connectivity index (χ2n) is 4.35. The number of para-hydroxylation sites is 1. The SMILES string of the molecule is O=C(O)c1nnc2ccccc2c1Nc1ccccc1Cl. The fraction of sp³-hybridized carbons (Fsp3) is 0. The zero-order valence-electron chi connectivity index (χ0n) is 10.7. The minimum atomic E-state index is -1.15. The molecule has 0 fully saturated rings. The number of hydrogen-bond acceptors (Lipinski definition) is 4. The number of fused-ring (bicyclic) bond motifs is 1. The minimum Gasteiger partial charge on any atom is -0.476 e. The van der Waals surface area contributed by atoms with Crippen LogP contribution >= 0.6 is 11.6 Å². The zero-order valence-corrected chi connectivity index (χ0v) is 11.5. The first-order valence-corrected chi connectivity index (χ1v) is 6.55. The molecule has 2 aromatic carbocycles. The van der Waals surface area contributed by atoms with Crippen molar-refractivity contribution in [3.05, 3.63) is 59.2 Å². The third kappa shape index (κ3) is 2.51. The van der Waals surface area contributed by atoms with E-state index in [1.165, 1.54) is 0 Å². The average Bonchev–Trinajstić information content (AvgIpc) is 2.49. The number of halogens is 1. The summed E-state index contributed by atoms with van der Waals surface area (Å²) >= 11 is 6.11. The van der Waals surface area contributed by atoms with Crippen LogP contribution in [0.25, 0.3) is 10.9 Å². The Labute approximate surface area is 125 Å². The lowest BCUT2D eigenvalue weighted by atomic mass is 10.1. The fourth-order valence-electron chi connectivity index (χ4n) is 2.03. The number of hydrogen-bond donors (Lipinski definition) is 2. The summed E-state index contributed by atoms with van der Waals surface area (Å²) in [4.78, 5) is 11.4. The summed E-state index contributed by atoms with van der Waals surface area (Å²) in [6.07, 6.45) is 0.